The lowest BCUT2D eigenvalue weighted by molar-refractivity contribution is 0.438. The summed E-state index contributed by atoms with van der Waals surface area (Å²) < 4.78 is 5.95. The van der Waals surface area contributed by atoms with Crippen molar-refractivity contribution in [2.75, 3.05) is 29.2 Å². The fourth-order valence-corrected chi connectivity index (χ4v) is 3.33. The van der Waals surface area contributed by atoms with Crippen molar-refractivity contribution in [1.82, 2.24) is 29.9 Å². The molecule has 32 heavy (non-hydrogen) atoms. The summed E-state index contributed by atoms with van der Waals surface area (Å²) >= 11 is 0. The molecule has 0 spiro atoms. The van der Waals surface area contributed by atoms with Crippen LogP contribution in [0, 0.1) is 13.8 Å². The van der Waals surface area contributed by atoms with Crippen molar-refractivity contribution in [3.63, 3.8) is 0 Å². The Labute approximate surface area is 185 Å². The van der Waals surface area contributed by atoms with Gasteiger partial charge in [0.15, 0.2) is 0 Å². The second-order valence-electron chi connectivity index (χ2n) is 7.36. The predicted octanol–water partition coefficient (Wildman–Crippen LogP) is 4.06. The monoisotopic (exact) mass is 427 g/mol. The third-order valence-electron chi connectivity index (χ3n) is 4.95. The van der Waals surface area contributed by atoms with Crippen LogP contribution in [-0.4, -0.2) is 44.0 Å². The highest BCUT2D eigenvalue weighted by Crippen LogP contribution is 2.30. The second-order valence-corrected chi connectivity index (χ2v) is 7.36. The van der Waals surface area contributed by atoms with E-state index in [4.69, 9.17) is 4.74 Å². The highest BCUT2D eigenvalue weighted by molar-refractivity contribution is 5.67. The molecule has 8 bridgehead atoms. The summed E-state index contributed by atoms with van der Waals surface area (Å²) in [7, 11) is 3.82. The molecule has 0 saturated heterocycles. The van der Waals surface area contributed by atoms with E-state index in [1.165, 1.54) is 0 Å². The average molecular weight is 427 g/mol. The van der Waals surface area contributed by atoms with E-state index in [1.54, 1.807) is 0 Å². The largest absolute Gasteiger partial charge is 0.424 e. The number of nitrogens with zero attached hydrogens (tertiary/aromatic N) is 8. The van der Waals surface area contributed by atoms with Crippen molar-refractivity contribution >= 4 is 34.9 Å². The molecule has 3 heterocycles. The van der Waals surface area contributed by atoms with Crippen LogP contribution < -0.4 is 19.9 Å². The Morgan fingerprint density at radius 3 is 2.12 bits per heavy atom. The van der Waals surface area contributed by atoms with Crippen LogP contribution in [-0.2, 0) is 0 Å². The number of aryl methyl sites for hydroxylation is 2. The van der Waals surface area contributed by atoms with Gasteiger partial charge in [0.05, 0.1) is 0 Å². The third kappa shape index (κ3) is 3.85. The lowest BCUT2D eigenvalue weighted by Gasteiger charge is -2.22. The van der Waals surface area contributed by atoms with Gasteiger partial charge >= 0.3 is 6.01 Å². The van der Waals surface area contributed by atoms with E-state index >= 15 is 0 Å². The van der Waals surface area contributed by atoms with Crippen LogP contribution in [0.4, 0.5) is 34.9 Å². The molecular formula is C22H21N9O. The summed E-state index contributed by atoms with van der Waals surface area (Å²) in [6.45, 7) is 3.65. The second kappa shape index (κ2) is 7.73. The summed E-state index contributed by atoms with van der Waals surface area (Å²) in [4.78, 5) is 30.7. The Hall–Kier alpha value is -4.34. The normalized spacial score (nSPS) is 12.8. The molecule has 5 rings (SSSR count). The van der Waals surface area contributed by atoms with Crippen molar-refractivity contribution < 1.29 is 4.74 Å². The van der Waals surface area contributed by atoms with Gasteiger partial charge in [-0.3, -0.25) is 0 Å². The third-order valence-corrected chi connectivity index (χ3v) is 4.95. The van der Waals surface area contributed by atoms with Gasteiger partial charge in [-0.1, -0.05) is 12.1 Å². The summed E-state index contributed by atoms with van der Waals surface area (Å²) in [5.41, 5.74) is 2.56. The SMILES string of the molecule is Cc1nc2nc(n1)N(C)c1cccc(c1)N(C)c1nc(C)nc(n1)Oc1cccc(c1)N2. The number of rotatable bonds is 0. The highest BCUT2D eigenvalue weighted by Gasteiger charge is 2.16. The van der Waals surface area contributed by atoms with Crippen molar-refractivity contribution in [2.24, 2.45) is 0 Å². The molecule has 2 aromatic carbocycles. The van der Waals surface area contributed by atoms with Gasteiger partial charge in [-0.2, -0.15) is 29.9 Å². The molecule has 4 aromatic rings. The number of fused-ring (bicyclic) bond motifs is 8. The maximum absolute atomic E-state index is 5.95. The molecule has 0 fully saturated rings. The van der Waals surface area contributed by atoms with E-state index in [2.05, 4.69) is 35.2 Å². The number of hydrogen-bond acceptors (Lipinski definition) is 10. The van der Waals surface area contributed by atoms with Gasteiger partial charge in [0.2, 0.25) is 17.8 Å². The average Bonchev–Trinajstić information content (AvgIpc) is 2.77. The van der Waals surface area contributed by atoms with E-state index in [9.17, 15) is 0 Å². The summed E-state index contributed by atoms with van der Waals surface area (Å²) in [6.07, 6.45) is 0. The van der Waals surface area contributed by atoms with E-state index in [1.807, 2.05) is 86.3 Å². The lowest BCUT2D eigenvalue weighted by Crippen LogP contribution is -2.18. The van der Waals surface area contributed by atoms with Crippen LogP contribution in [0.25, 0.3) is 0 Å². The number of anilines is 6. The van der Waals surface area contributed by atoms with Gasteiger partial charge in [-0.15, -0.1) is 0 Å². The molecule has 0 unspecified atom stereocenters. The van der Waals surface area contributed by atoms with Gasteiger partial charge in [-0.05, 0) is 44.2 Å². The Kier molecular flexibility index (Phi) is 4.74. The summed E-state index contributed by atoms with van der Waals surface area (Å²) in [6, 6.07) is 15.6. The van der Waals surface area contributed by atoms with Crippen molar-refractivity contribution in [1.29, 1.82) is 0 Å². The lowest BCUT2D eigenvalue weighted by atomic mass is 10.2. The van der Waals surface area contributed by atoms with Gasteiger partial charge in [-0.25, -0.2) is 0 Å². The van der Waals surface area contributed by atoms with E-state index in [-0.39, 0.29) is 6.01 Å². The number of aromatic nitrogens is 6. The fraction of sp³-hybridized carbons (Fsp3) is 0.182. The van der Waals surface area contributed by atoms with Crippen LogP contribution in [0.2, 0.25) is 0 Å². The van der Waals surface area contributed by atoms with Gasteiger partial charge in [0, 0.05) is 37.2 Å². The highest BCUT2D eigenvalue weighted by atomic mass is 16.5. The Morgan fingerprint density at radius 2 is 1.38 bits per heavy atom. The quantitative estimate of drug-likeness (QED) is 0.442. The number of benzene rings is 2. The zero-order valence-corrected chi connectivity index (χ0v) is 18.1. The van der Waals surface area contributed by atoms with Gasteiger partial charge < -0.3 is 19.9 Å². The number of hydrogen-bond donors (Lipinski definition) is 1. The first kappa shape index (κ1) is 19.6. The Morgan fingerprint density at radius 1 is 0.719 bits per heavy atom. The maximum Gasteiger partial charge on any atom is 0.327 e. The molecule has 0 aliphatic carbocycles. The number of nitrogens with one attached hydrogen (secondary N) is 1. The first-order valence-corrected chi connectivity index (χ1v) is 10.0. The molecule has 1 N–H and O–H groups in total. The molecule has 1 aliphatic heterocycles. The summed E-state index contributed by atoms with van der Waals surface area (Å²) in [5.74, 6) is 3.18. The molecule has 0 saturated carbocycles. The van der Waals surface area contributed by atoms with Crippen LogP contribution in [0.15, 0.2) is 48.5 Å². The zero-order valence-electron chi connectivity index (χ0n) is 18.1. The molecule has 10 nitrogen and oxygen atoms in total. The standard InChI is InChI=1S/C22H21N9O/c1-13-23-19-27-15-7-5-10-18(11-15)32-22-26-14(2)25-21(29-22)31(4)17-9-6-8-16(12-17)30(3)20(24-13)28-19/h5-12H,1-4H3,(H,23,24,27,28). The molecule has 160 valence electrons. The topological polar surface area (TPSA) is 105 Å². The van der Waals surface area contributed by atoms with Crippen LogP contribution in [0.5, 0.6) is 11.8 Å². The summed E-state index contributed by atoms with van der Waals surface area (Å²) in [5, 5.41) is 3.23. The fourth-order valence-electron chi connectivity index (χ4n) is 3.33. The van der Waals surface area contributed by atoms with E-state index in [0.29, 0.717) is 35.2 Å². The van der Waals surface area contributed by atoms with Crippen LogP contribution >= 0.6 is 0 Å². The first-order chi connectivity index (χ1) is 15.4. The van der Waals surface area contributed by atoms with Crippen molar-refractivity contribution in [3.8, 4) is 11.8 Å². The van der Waals surface area contributed by atoms with E-state index in [0.717, 1.165) is 17.1 Å². The minimum atomic E-state index is 0.218. The molecule has 0 amide bonds. The van der Waals surface area contributed by atoms with E-state index < -0.39 is 0 Å². The molecule has 2 aromatic heterocycles. The minimum Gasteiger partial charge on any atom is -0.424 e. The van der Waals surface area contributed by atoms with Crippen molar-refractivity contribution in [2.45, 2.75) is 13.8 Å². The van der Waals surface area contributed by atoms with Crippen LogP contribution in [0.1, 0.15) is 11.6 Å². The first-order valence-electron chi connectivity index (χ1n) is 10.0. The molecule has 0 atom stereocenters. The van der Waals surface area contributed by atoms with Crippen LogP contribution in [0.3, 0.4) is 0 Å². The number of ether oxygens (including phenoxy) is 1. The predicted molar refractivity (Wildman–Crippen MR) is 121 cm³/mol. The Bertz CT molecular complexity index is 1220. The van der Waals surface area contributed by atoms with Crippen molar-refractivity contribution in [3.05, 3.63) is 60.2 Å². The van der Waals surface area contributed by atoms with Gasteiger partial charge in [0.1, 0.15) is 17.4 Å². The Balaban J connectivity index is 1.69. The molecular weight excluding hydrogens is 406 g/mol. The molecule has 0 radical (unpaired) electrons. The van der Waals surface area contributed by atoms with Gasteiger partial charge in [0.25, 0.3) is 0 Å². The maximum atomic E-state index is 5.95. The zero-order chi connectivity index (χ0) is 22.2. The molecule has 1 aliphatic rings. The minimum absolute atomic E-state index is 0.218. The molecule has 10 heteroatoms. The smallest absolute Gasteiger partial charge is 0.327 e.